The molecule has 0 aromatic carbocycles. The van der Waals surface area contributed by atoms with E-state index in [1.165, 1.54) is 0 Å². The average Bonchev–Trinajstić information content (AvgIpc) is 2.40. The molecule has 0 aliphatic carbocycles. The monoisotopic (exact) mass is 294 g/mol. The Morgan fingerprint density at radius 2 is 2.00 bits per heavy atom. The predicted molar refractivity (Wildman–Crippen MR) is 77.5 cm³/mol. The van der Waals surface area contributed by atoms with Crippen molar-refractivity contribution in [1.29, 1.82) is 0 Å². The average molecular weight is 294 g/mol. The highest BCUT2D eigenvalue weighted by Gasteiger charge is 2.29. The molecule has 0 unspecified atom stereocenters. The summed E-state index contributed by atoms with van der Waals surface area (Å²) in [6.07, 6.45) is 1.67. The van der Waals surface area contributed by atoms with Gasteiger partial charge in [-0.15, -0.1) is 0 Å². The number of carboxylic acids is 1. The maximum Gasteiger partial charge on any atom is 0.347 e. The maximum absolute atomic E-state index is 12.2. The van der Waals surface area contributed by atoms with Crippen molar-refractivity contribution in [2.45, 2.75) is 46.6 Å². The third-order valence-corrected chi connectivity index (χ3v) is 4.34. The van der Waals surface area contributed by atoms with Crippen LogP contribution in [-0.2, 0) is 22.5 Å². The Hall–Kier alpha value is -1.69. The van der Waals surface area contributed by atoms with E-state index >= 15 is 0 Å². The number of ether oxygens (including phenoxy) is 1. The van der Waals surface area contributed by atoms with Gasteiger partial charge in [0.2, 0.25) is 0 Å². The summed E-state index contributed by atoms with van der Waals surface area (Å²) in [5, 5.41) is 9.02. The van der Waals surface area contributed by atoms with Crippen LogP contribution in [0.2, 0.25) is 0 Å². The van der Waals surface area contributed by atoms with Crippen LogP contribution < -0.4 is 5.69 Å². The number of rotatable bonds is 4. The first-order valence-electron chi connectivity index (χ1n) is 7.19. The van der Waals surface area contributed by atoms with E-state index in [2.05, 4.69) is 11.9 Å². The third kappa shape index (κ3) is 3.50. The summed E-state index contributed by atoms with van der Waals surface area (Å²) in [6, 6.07) is 0. The summed E-state index contributed by atoms with van der Waals surface area (Å²) in [5.41, 5.74) is 1.55. The highest BCUT2D eigenvalue weighted by atomic mass is 16.5. The fourth-order valence-electron chi connectivity index (χ4n) is 2.84. The molecule has 116 valence electrons. The Bertz CT molecular complexity index is 600. The van der Waals surface area contributed by atoms with E-state index in [-0.39, 0.29) is 17.5 Å². The minimum atomic E-state index is -0.912. The van der Waals surface area contributed by atoms with Crippen molar-refractivity contribution < 1.29 is 14.6 Å². The Balaban J connectivity index is 2.38. The van der Waals surface area contributed by atoms with Gasteiger partial charge in [0.05, 0.1) is 6.42 Å². The van der Waals surface area contributed by atoms with Crippen LogP contribution in [-0.4, -0.2) is 33.8 Å². The van der Waals surface area contributed by atoms with Crippen LogP contribution in [0.3, 0.4) is 0 Å². The minimum Gasteiger partial charge on any atom is -0.481 e. The fourth-order valence-corrected chi connectivity index (χ4v) is 2.84. The van der Waals surface area contributed by atoms with E-state index in [9.17, 15) is 9.59 Å². The molecule has 0 radical (unpaired) electrons. The number of hydrogen-bond acceptors (Lipinski definition) is 4. The topological polar surface area (TPSA) is 81.4 Å². The van der Waals surface area contributed by atoms with Crippen LogP contribution >= 0.6 is 0 Å². The van der Waals surface area contributed by atoms with E-state index < -0.39 is 5.97 Å². The van der Waals surface area contributed by atoms with Gasteiger partial charge < -0.3 is 9.84 Å². The highest BCUT2D eigenvalue weighted by Crippen LogP contribution is 2.31. The molecule has 0 atom stereocenters. The Morgan fingerprint density at radius 3 is 2.57 bits per heavy atom. The number of aliphatic carboxylic acids is 1. The molecule has 1 fully saturated rings. The molecular formula is C15H22N2O4. The Labute approximate surface area is 123 Å². The second-order valence-electron chi connectivity index (χ2n) is 6.12. The van der Waals surface area contributed by atoms with Crippen molar-refractivity contribution >= 4 is 5.97 Å². The standard InChI is InChI=1S/C15H22N2O4/c1-10-12(8-13(18)19)11(2)17(14(20)16-10)9-15(3)4-6-21-7-5-15/h4-9H2,1-3H3,(H,18,19). The van der Waals surface area contributed by atoms with E-state index in [0.717, 1.165) is 12.8 Å². The number of nitrogens with zero attached hydrogens (tertiary/aromatic N) is 2. The second-order valence-corrected chi connectivity index (χ2v) is 6.12. The zero-order valence-corrected chi connectivity index (χ0v) is 12.8. The third-order valence-electron chi connectivity index (χ3n) is 4.34. The van der Waals surface area contributed by atoms with Gasteiger partial charge >= 0.3 is 11.7 Å². The van der Waals surface area contributed by atoms with E-state index in [1.54, 1.807) is 18.4 Å². The summed E-state index contributed by atoms with van der Waals surface area (Å²) in [7, 11) is 0. The summed E-state index contributed by atoms with van der Waals surface area (Å²) in [6.45, 7) is 7.58. The zero-order valence-electron chi connectivity index (χ0n) is 12.8. The summed E-state index contributed by atoms with van der Waals surface area (Å²) in [5.74, 6) is -0.912. The highest BCUT2D eigenvalue weighted by molar-refractivity contribution is 5.70. The fraction of sp³-hybridized carbons (Fsp3) is 0.667. The molecule has 1 aromatic rings. The van der Waals surface area contributed by atoms with Gasteiger partial charge in [0.25, 0.3) is 0 Å². The summed E-state index contributed by atoms with van der Waals surface area (Å²) in [4.78, 5) is 27.2. The Morgan fingerprint density at radius 1 is 1.38 bits per heavy atom. The van der Waals surface area contributed by atoms with Crippen molar-refractivity contribution in [2.24, 2.45) is 5.41 Å². The summed E-state index contributed by atoms with van der Waals surface area (Å²) >= 11 is 0. The van der Waals surface area contributed by atoms with Crippen molar-refractivity contribution in [1.82, 2.24) is 9.55 Å². The smallest absolute Gasteiger partial charge is 0.347 e. The van der Waals surface area contributed by atoms with Gasteiger partial charge in [-0.25, -0.2) is 4.79 Å². The lowest BCUT2D eigenvalue weighted by atomic mass is 9.82. The molecule has 1 saturated heterocycles. The van der Waals surface area contributed by atoms with Crippen LogP contribution in [0.25, 0.3) is 0 Å². The molecule has 2 rings (SSSR count). The first kappa shape index (κ1) is 15.7. The van der Waals surface area contributed by atoms with Gasteiger partial charge in [-0.1, -0.05) is 6.92 Å². The molecule has 6 nitrogen and oxygen atoms in total. The van der Waals surface area contributed by atoms with Crippen LogP contribution in [0.4, 0.5) is 0 Å². The lowest BCUT2D eigenvalue weighted by molar-refractivity contribution is -0.136. The number of carboxylic acid groups (broad SMARTS) is 1. The second kappa shape index (κ2) is 5.97. The van der Waals surface area contributed by atoms with Crippen LogP contribution in [0.15, 0.2) is 4.79 Å². The minimum absolute atomic E-state index is 0.00965. The normalized spacial score (nSPS) is 17.7. The molecule has 21 heavy (non-hydrogen) atoms. The van der Waals surface area contributed by atoms with Gasteiger partial charge in [-0.05, 0) is 32.1 Å². The van der Waals surface area contributed by atoms with Crippen LogP contribution in [0.5, 0.6) is 0 Å². The van der Waals surface area contributed by atoms with Crippen molar-refractivity contribution in [2.75, 3.05) is 13.2 Å². The number of aryl methyl sites for hydroxylation is 1. The lowest BCUT2D eigenvalue weighted by Gasteiger charge is -2.34. The predicted octanol–water partition coefficient (Wildman–Crippen LogP) is 1.30. The summed E-state index contributed by atoms with van der Waals surface area (Å²) < 4.78 is 7.00. The van der Waals surface area contributed by atoms with E-state index in [0.29, 0.717) is 36.7 Å². The lowest BCUT2D eigenvalue weighted by Crippen LogP contribution is -2.37. The largest absolute Gasteiger partial charge is 0.481 e. The molecule has 0 spiro atoms. The van der Waals surface area contributed by atoms with Crippen molar-refractivity contribution in [3.63, 3.8) is 0 Å². The SMILES string of the molecule is Cc1nc(=O)n(CC2(C)CCOCC2)c(C)c1CC(=O)O. The van der Waals surface area contributed by atoms with Gasteiger partial charge in [-0.3, -0.25) is 9.36 Å². The van der Waals surface area contributed by atoms with Gasteiger partial charge in [0.1, 0.15) is 0 Å². The van der Waals surface area contributed by atoms with Crippen molar-refractivity contribution in [3.05, 3.63) is 27.4 Å². The van der Waals surface area contributed by atoms with Crippen LogP contribution in [0, 0.1) is 19.3 Å². The zero-order chi connectivity index (χ0) is 15.6. The number of carbonyl (C=O) groups is 1. The van der Waals surface area contributed by atoms with Gasteiger partial charge in [0, 0.05) is 36.7 Å². The maximum atomic E-state index is 12.2. The molecule has 0 bridgehead atoms. The van der Waals surface area contributed by atoms with Crippen LogP contribution in [0.1, 0.15) is 36.7 Å². The van der Waals surface area contributed by atoms with Gasteiger partial charge in [-0.2, -0.15) is 4.98 Å². The molecule has 0 saturated carbocycles. The van der Waals surface area contributed by atoms with E-state index in [4.69, 9.17) is 9.84 Å². The van der Waals surface area contributed by atoms with Crippen molar-refractivity contribution in [3.8, 4) is 0 Å². The molecule has 6 heteroatoms. The first-order chi connectivity index (χ1) is 9.82. The quantitative estimate of drug-likeness (QED) is 0.905. The van der Waals surface area contributed by atoms with E-state index in [1.807, 2.05) is 0 Å². The molecule has 2 heterocycles. The van der Waals surface area contributed by atoms with Gasteiger partial charge in [0.15, 0.2) is 0 Å². The molecule has 1 N–H and O–H groups in total. The molecule has 0 amide bonds. The molecule has 1 aliphatic heterocycles. The first-order valence-corrected chi connectivity index (χ1v) is 7.19. The number of aromatic nitrogens is 2. The Kier molecular flexibility index (Phi) is 4.46. The molecule has 1 aromatic heterocycles. The molecular weight excluding hydrogens is 272 g/mol. The molecule has 1 aliphatic rings. The number of hydrogen-bond donors (Lipinski definition) is 1.